The second-order valence-corrected chi connectivity index (χ2v) is 9.19. The van der Waals surface area contributed by atoms with Gasteiger partial charge in [-0.2, -0.15) is 0 Å². The van der Waals surface area contributed by atoms with Gasteiger partial charge < -0.3 is 10.2 Å². The number of rotatable bonds is 5. The molecule has 0 amide bonds. The highest BCUT2D eigenvalue weighted by atomic mass is 32.1. The number of hydrogen-bond donors (Lipinski definition) is 1. The van der Waals surface area contributed by atoms with E-state index >= 15 is 0 Å². The van der Waals surface area contributed by atoms with Gasteiger partial charge in [0.05, 0.1) is 0 Å². The van der Waals surface area contributed by atoms with E-state index in [4.69, 9.17) is 0 Å². The van der Waals surface area contributed by atoms with E-state index in [0.29, 0.717) is 0 Å². The Morgan fingerprint density at radius 3 is 2.52 bits per heavy atom. The molecule has 0 radical (unpaired) electrons. The van der Waals surface area contributed by atoms with Crippen molar-refractivity contribution in [1.82, 2.24) is 10.2 Å². The molecule has 2 atom stereocenters. The Labute approximate surface area is 183 Å². The highest BCUT2D eigenvalue weighted by Crippen LogP contribution is 2.30. The summed E-state index contributed by atoms with van der Waals surface area (Å²) in [5.41, 5.74) is 1.31. The van der Waals surface area contributed by atoms with Crippen molar-refractivity contribution in [3.8, 4) is 0 Å². The molecule has 3 rings (SSSR count). The Kier molecular flexibility index (Phi) is 11.0. The highest BCUT2D eigenvalue weighted by Gasteiger charge is 2.34. The zero-order chi connectivity index (χ0) is 21.9. The van der Waals surface area contributed by atoms with Crippen molar-refractivity contribution >= 4 is 27.5 Å². The summed E-state index contributed by atoms with van der Waals surface area (Å²) in [6, 6.07) is 10.5. The van der Waals surface area contributed by atoms with Crippen molar-refractivity contribution in [2.24, 2.45) is 5.92 Å². The molecule has 1 saturated heterocycles. The fraction of sp³-hybridized carbons (Fsp3) is 0.462. The van der Waals surface area contributed by atoms with E-state index < -0.39 is 0 Å². The molecule has 1 aromatic carbocycles. The summed E-state index contributed by atoms with van der Waals surface area (Å²) >= 11 is 1.78. The number of fused-ring (bicyclic) bond motifs is 1. The molecule has 2 heterocycles. The number of nitrogens with zero attached hydrogens (tertiary/aromatic N) is 1. The summed E-state index contributed by atoms with van der Waals surface area (Å²) in [4.78, 5) is 3.69. The standard InChI is InChI=1S/C13H26N2.C10H8S.C3H6/c1-6-13(4,14-11(2)3)12-8-7-9-15(5)10-12;1-2-9-7-8-5-3-4-6-10(8)11-9;1-3-2/h12,14H,2,6-10H2,1,3-5H3;2-7H,1H2;3H,1H2,2H3/t12?,13-;;/m0../s1. The second-order valence-electron chi connectivity index (χ2n) is 8.08. The smallest absolute Gasteiger partial charge is 0.0380 e. The van der Waals surface area contributed by atoms with Crippen molar-refractivity contribution in [3.05, 3.63) is 66.7 Å². The average Bonchev–Trinajstić information content (AvgIpc) is 3.12. The van der Waals surface area contributed by atoms with Gasteiger partial charge in [-0.1, -0.05) is 50.4 Å². The van der Waals surface area contributed by atoms with E-state index in [0.717, 1.165) is 11.6 Å². The van der Waals surface area contributed by atoms with Crippen LogP contribution in [0.25, 0.3) is 16.2 Å². The van der Waals surface area contributed by atoms with Crippen LogP contribution >= 0.6 is 11.3 Å². The van der Waals surface area contributed by atoms with Gasteiger partial charge in [-0.15, -0.1) is 17.9 Å². The van der Waals surface area contributed by atoms with Crippen LogP contribution in [-0.4, -0.2) is 30.6 Å². The first-order chi connectivity index (χ1) is 13.8. The molecule has 1 fully saturated rings. The van der Waals surface area contributed by atoms with Gasteiger partial charge in [0.1, 0.15) is 0 Å². The minimum absolute atomic E-state index is 0.223. The number of allylic oxidation sites excluding steroid dienone is 2. The Bertz CT molecular complexity index is 743. The number of likely N-dealkylation sites (tertiary alicyclic amines) is 1. The summed E-state index contributed by atoms with van der Waals surface area (Å²) in [5, 5.41) is 4.89. The fourth-order valence-electron chi connectivity index (χ4n) is 3.76. The monoisotopic (exact) mass is 412 g/mol. The third-order valence-electron chi connectivity index (χ3n) is 5.40. The van der Waals surface area contributed by atoms with Gasteiger partial charge in [-0.25, -0.2) is 0 Å². The molecule has 1 aromatic heterocycles. The molecule has 160 valence electrons. The van der Waals surface area contributed by atoms with Crippen LogP contribution < -0.4 is 5.32 Å². The predicted molar refractivity (Wildman–Crippen MR) is 135 cm³/mol. The second kappa shape index (κ2) is 12.7. The van der Waals surface area contributed by atoms with E-state index in [2.05, 4.69) is 88.1 Å². The maximum atomic E-state index is 3.98. The lowest BCUT2D eigenvalue weighted by atomic mass is 9.78. The van der Waals surface area contributed by atoms with Gasteiger partial charge in [-0.3, -0.25) is 0 Å². The van der Waals surface area contributed by atoms with Gasteiger partial charge in [-0.05, 0) is 77.1 Å². The molecule has 2 nitrogen and oxygen atoms in total. The zero-order valence-corrected chi connectivity index (χ0v) is 19.9. The largest absolute Gasteiger partial charge is 0.384 e. The molecule has 3 heteroatoms. The SMILES string of the molecule is C=C(C)N[C@@](C)(CC)C1CCCN(C)C1.C=CC.C=Cc1cc2ccccc2s1. The van der Waals surface area contributed by atoms with Crippen LogP contribution in [0.1, 0.15) is 51.8 Å². The van der Waals surface area contributed by atoms with Crippen LogP contribution in [0.15, 0.2) is 61.8 Å². The average molecular weight is 413 g/mol. The van der Waals surface area contributed by atoms with Crippen molar-refractivity contribution in [2.75, 3.05) is 20.1 Å². The molecule has 0 spiro atoms. The summed E-state index contributed by atoms with van der Waals surface area (Å²) < 4.78 is 1.34. The van der Waals surface area contributed by atoms with Crippen molar-refractivity contribution in [1.29, 1.82) is 0 Å². The van der Waals surface area contributed by atoms with Crippen molar-refractivity contribution in [2.45, 2.75) is 52.5 Å². The van der Waals surface area contributed by atoms with Gasteiger partial charge >= 0.3 is 0 Å². The van der Waals surface area contributed by atoms with Crippen molar-refractivity contribution in [3.63, 3.8) is 0 Å². The lowest BCUT2D eigenvalue weighted by molar-refractivity contribution is 0.124. The van der Waals surface area contributed by atoms with E-state index in [-0.39, 0.29) is 5.54 Å². The van der Waals surface area contributed by atoms with E-state index in [1.807, 2.05) is 13.0 Å². The summed E-state index contributed by atoms with van der Waals surface area (Å²) in [6.07, 6.45) is 7.48. The van der Waals surface area contributed by atoms with E-state index in [9.17, 15) is 0 Å². The van der Waals surface area contributed by atoms with Gasteiger partial charge in [0.2, 0.25) is 0 Å². The third-order valence-corrected chi connectivity index (χ3v) is 6.52. The first kappa shape index (κ1) is 25.2. The lowest BCUT2D eigenvalue weighted by Crippen LogP contribution is -2.52. The maximum absolute atomic E-state index is 3.98. The molecule has 0 aliphatic carbocycles. The lowest BCUT2D eigenvalue weighted by Gasteiger charge is -2.43. The van der Waals surface area contributed by atoms with E-state index in [1.165, 1.54) is 47.3 Å². The van der Waals surface area contributed by atoms with Gasteiger partial charge in [0.25, 0.3) is 0 Å². The molecule has 0 saturated carbocycles. The molecule has 1 unspecified atom stereocenters. The molecule has 29 heavy (non-hydrogen) atoms. The summed E-state index contributed by atoms with van der Waals surface area (Å²) in [7, 11) is 2.23. The first-order valence-electron chi connectivity index (χ1n) is 10.6. The summed E-state index contributed by atoms with van der Waals surface area (Å²) in [5.74, 6) is 0.748. The third kappa shape index (κ3) is 8.20. The first-order valence-corrected chi connectivity index (χ1v) is 11.4. The normalized spacial score (nSPS) is 18.3. The topological polar surface area (TPSA) is 15.3 Å². The molecular weight excluding hydrogens is 372 g/mol. The van der Waals surface area contributed by atoms with E-state index in [1.54, 1.807) is 17.4 Å². The Morgan fingerprint density at radius 2 is 2.00 bits per heavy atom. The van der Waals surface area contributed by atoms with Crippen LogP contribution in [0.2, 0.25) is 0 Å². The minimum atomic E-state index is 0.223. The Morgan fingerprint density at radius 1 is 1.34 bits per heavy atom. The van der Waals surface area contributed by atoms with Crippen LogP contribution in [0, 0.1) is 5.92 Å². The summed E-state index contributed by atoms with van der Waals surface area (Å²) in [6.45, 7) is 22.1. The molecule has 2 aromatic rings. The highest BCUT2D eigenvalue weighted by molar-refractivity contribution is 7.19. The van der Waals surface area contributed by atoms with Crippen molar-refractivity contribution < 1.29 is 0 Å². The minimum Gasteiger partial charge on any atom is -0.384 e. The molecule has 1 aliphatic heterocycles. The predicted octanol–water partition coefficient (Wildman–Crippen LogP) is 7.36. The Hall–Kier alpha value is -1.84. The number of benzene rings is 1. The molecule has 0 bridgehead atoms. The molecular formula is C26H40N2S. The zero-order valence-electron chi connectivity index (χ0n) is 19.1. The fourth-order valence-corrected chi connectivity index (χ4v) is 4.67. The number of piperidine rings is 1. The Balaban J connectivity index is 0.000000263. The van der Waals surface area contributed by atoms with Crippen LogP contribution in [0.5, 0.6) is 0 Å². The van der Waals surface area contributed by atoms with Gasteiger partial charge in [0, 0.05) is 27.4 Å². The van der Waals surface area contributed by atoms with Crippen LogP contribution in [0.3, 0.4) is 0 Å². The number of thiophene rings is 1. The van der Waals surface area contributed by atoms with Crippen LogP contribution in [0.4, 0.5) is 0 Å². The molecule has 1 aliphatic rings. The number of nitrogens with one attached hydrogen (secondary N) is 1. The quantitative estimate of drug-likeness (QED) is 0.516. The van der Waals surface area contributed by atoms with Crippen LogP contribution in [-0.2, 0) is 0 Å². The van der Waals surface area contributed by atoms with Gasteiger partial charge in [0.15, 0.2) is 0 Å². The number of hydrogen-bond acceptors (Lipinski definition) is 3. The molecule has 1 N–H and O–H groups in total. The maximum Gasteiger partial charge on any atom is 0.0380 e.